The molecule has 1 aliphatic rings. The van der Waals surface area contributed by atoms with Crippen LogP contribution in [0, 0.1) is 5.92 Å². The Balaban J connectivity index is 2.08. The second kappa shape index (κ2) is 5.53. The summed E-state index contributed by atoms with van der Waals surface area (Å²) in [4.78, 5) is 16.2. The molecule has 0 saturated carbocycles. The van der Waals surface area contributed by atoms with Gasteiger partial charge in [-0.15, -0.1) is 0 Å². The molecule has 1 amide bonds. The highest BCUT2D eigenvalue weighted by molar-refractivity contribution is 5.95. The van der Waals surface area contributed by atoms with Gasteiger partial charge in [0.15, 0.2) is 0 Å². The molecule has 1 aromatic carbocycles. The van der Waals surface area contributed by atoms with E-state index in [2.05, 4.69) is 10.0 Å². The highest BCUT2D eigenvalue weighted by atomic mass is 16.3. The zero-order valence-corrected chi connectivity index (χ0v) is 9.86. The summed E-state index contributed by atoms with van der Waals surface area (Å²) >= 11 is 0. The summed E-state index contributed by atoms with van der Waals surface area (Å²) in [5.74, 6) is 0.135. The fourth-order valence-electron chi connectivity index (χ4n) is 2.09. The van der Waals surface area contributed by atoms with E-state index in [9.17, 15) is 4.79 Å². The summed E-state index contributed by atoms with van der Waals surface area (Å²) in [6, 6.07) is 7.23. The van der Waals surface area contributed by atoms with Crippen LogP contribution in [0.15, 0.2) is 29.4 Å². The van der Waals surface area contributed by atoms with Gasteiger partial charge >= 0.3 is 0 Å². The average molecular weight is 246 g/mol. The van der Waals surface area contributed by atoms with Gasteiger partial charge in [0.1, 0.15) is 0 Å². The number of nitrogens with zero attached hydrogens (tertiary/aromatic N) is 4. The van der Waals surface area contributed by atoms with Crippen molar-refractivity contribution < 1.29 is 9.90 Å². The van der Waals surface area contributed by atoms with Crippen molar-refractivity contribution in [3.63, 3.8) is 0 Å². The van der Waals surface area contributed by atoms with Gasteiger partial charge < -0.3 is 10.0 Å². The summed E-state index contributed by atoms with van der Waals surface area (Å²) in [5.41, 5.74) is 9.91. The van der Waals surface area contributed by atoms with Gasteiger partial charge in [-0.25, -0.2) is 0 Å². The minimum atomic E-state index is -0.00621. The maximum absolute atomic E-state index is 11.8. The Labute approximate surface area is 104 Å². The largest absolute Gasteiger partial charge is 0.392 e. The zero-order chi connectivity index (χ0) is 13.0. The monoisotopic (exact) mass is 246 g/mol. The van der Waals surface area contributed by atoms with Crippen LogP contribution >= 0.6 is 0 Å². The second-order valence-corrected chi connectivity index (χ2v) is 4.31. The number of benzene rings is 1. The molecular weight excluding hydrogens is 232 g/mol. The Bertz CT molecular complexity index is 479. The van der Waals surface area contributed by atoms with E-state index < -0.39 is 0 Å². The molecule has 1 heterocycles. The van der Waals surface area contributed by atoms with Gasteiger partial charge in [0.05, 0.1) is 6.61 Å². The number of rotatable bonds is 4. The smallest absolute Gasteiger partial charge is 0.227 e. The Morgan fingerprint density at radius 3 is 2.78 bits per heavy atom. The number of hydrogen-bond donors (Lipinski definition) is 1. The minimum absolute atomic E-state index is 0.00621. The lowest BCUT2D eigenvalue weighted by molar-refractivity contribution is -0.117. The molecule has 0 aliphatic carbocycles. The van der Waals surface area contributed by atoms with Gasteiger partial charge in [-0.2, -0.15) is 0 Å². The SMILES string of the molecule is [N-]=[N+]=NCC1CC(=O)N(c2ccc(CO)cc2)C1. The summed E-state index contributed by atoms with van der Waals surface area (Å²) < 4.78 is 0. The summed E-state index contributed by atoms with van der Waals surface area (Å²) in [5, 5.41) is 12.5. The molecule has 6 nitrogen and oxygen atoms in total. The highest BCUT2D eigenvalue weighted by Gasteiger charge is 2.29. The van der Waals surface area contributed by atoms with Crippen LogP contribution in [-0.4, -0.2) is 24.1 Å². The molecule has 0 radical (unpaired) electrons. The van der Waals surface area contributed by atoms with Gasteiger partial charge in [0, 0.05) is 30.1 Å². The van der Waals surface area contributed by atoms with Crippen molar-refractivity contribution >= 4 is 11.6 Å². The Kier molecular flexibility index (Phi) is 3.82. The van der Waals surface area contributed by atoms with Crippen molar-refractivity contribution in [1.82, 2.24) is 0 Å². The van der Waals surface area contributed by atoms with E-state index in [-0.39, 0.29) is 18.4 Å². The van der Waals surface area contributed by atoms with Crippen LogP contribution in [0.1, 0.15) is 12.0 Å². The second-order valence-electron chi connectivity index (χ2n) is 4.31. The third-order valence-electron chi connectivity index (χ3n) is 3.04. The minimum Gasteiger partial charge on any atom is -0.392 e. The van der Waals surface area contributed by atoms with Crippen molar-refractivity contribution in [2.24, 2.45) is 11.0 Å². The van der Waals surface area contributed by atoms with Crippen LogP contribution in [0.4, 0.5) is 5.69 Å². The number of aliphatic hydroxyl groups excluding tert-OH is 1. The molecule has 1 saturated heterocycles. The number of carbonyl (C=O) groups is 1. The Morgan fingerprint density at radius 1 is 1.44 bits per heavy atom. The van der Waals surface area contributed by atoms with E-state index in [1.165, 1.54) is 0 Å². The molecule has 0 bridgehead atoms. The van der Waals surface area contributed by atoms with Crippen molar-refractivity contribution in [3.05, 3.63) is 40.3 Å². The summed E-state index contributed by atoms with van der Waals surface area (Å²) in [6.45, 7) is 0.928. The number of carbonyl (C=O) groups excluding carboxylic acids is 1. The van der Waals surface area contributed by atoms with E-state index in [4.69, 9.17) is 10.6 Å². The van der Waals surface area contributed by atoms with Gasteiger partial charge in [-0.3, -0.25) is 4.79 Å². The molecule has 1 aromatic rings. The lowest BCUT2D eigenvalue weighted by Crippen LogP contribution is -2.24. The lowest BCUT2D eigenvalue weighted by atomic mass is 10.1. The molecule has 1 N–H and O–H groups in total. The van der Waals surface area contributed by atoms with Crippen molar-refractivity contribution in [3.8, 4) is 0 Å². The first-order chi connectivity index (χ1) is 8.74. The molecular formula is C12H14N4O2. The van der Waals surface area contributed by atoms with Crippen LogP contribution in [0.3, 0.4) is 0 Å². The number of amides is 1. The Hall–Kier alpha value is -2.04. The number of azide groups is 1. The van der Waals surface area contributed by atoms with Crippen LogP contribution < -0.4 is 4.90 Å². The fraction of sp³-hybridized carbons (Fsp3) is 0.417. The number of aliphatic hydroxyl groups is 1. The first kappa shape index (κ1) is 12.4. The van der Waals surface area contributed by atoms with Gasteiger partial charge in [-0.1, -0.05) is 17.2 Å². The molecule has 1 fully saturated rings. The van der Waals surface area contributed by atoms with Crippen LogP contribution in [-0.2, 0) is 11.4 Å². The van der Waals surface area contributed by atoms with E-state index in [1.54, 1.807) is 17.0 Å². The van der Waals surface area contributed by atoms with Gasteiger partial charge in [0.2, 0.25) is 5.91 Å². The first-order valence-corrected chi connectivity index (χ1v) is 5.75. The molecule has 1 aliphatic heterocycles. The van der Waals surface area contributed by atoms with Crippen molar-refractivity contribution in [2.75, 3.05) is 18.0 Å². The van der Waals surface area contributed by atoms with Crippen LogP contribution in [0.2, 0.25) is 0 Å². The van der Waals surface area contributed by atoms with E-state index in [0.717, 1.165) is 11.3 Å². The molecule has 0 spiro atoms. The third kappa shape index (κ3) is 2.61. The van der Waals surface area contributed by atoms with E-state index in [0.29, 0.717) is 19.5 Å². The lowest BCUT2D eigenvalue weighted by Gasteiger charge is -2.16. The topological polar surface area (TPSA) is 89.3 Å². The summed E-state index contributed by atoms with van der Waals surface area (Å²) in [6.07, 6.45) is 0.417. The molecule has 94 valence electrons. The van der Waals surface area contributed by atoms with Crippen LogP contribution in [0.25, 0.3) is 10.4 Å². The maximum Gasteiger partial charge on any atom is 0.227 e. The zero-order valence-electron chi connectivity index (χ0n) is 9.86. The third-order valence-corrected chi connectivity index (χ3v) is 3.04. The van der Waals surface area contributed by atoms with Crippen molar-refractivity contribution in [2.45, 2.75) is 13.0 Å². The predicted molar refractivity (Wildman–Crippen MR) is 66.8 cm³/mol. The van der Waals surface area contributed by atoms with Crippen LogP contribution in [0.5, 0.6) is 0 Å². The molecule has 1 atom stereocenters. The molecule has 6 heteroatoms. The molecule has 18 heavy (non-hydrogen) atoms. The average Bonchev–Trinajstić information content (AvgIpc) is 2.78. The molecule has 2 rings (SSSR count). The first-order valence-electron chi connectivity index (χ1n) is 5.75. The van der Waals surface area contributed by atoms with Crippen molar-refractivity contribution in [1.29, 1.82) is 0 Å². The van der Waals surface area contributed by atoms with Gasteiger partial charge in [0.25, 0.3) is 0 Å². The fourth-order valence-corrected chi connectivity index (χ4v) is 2.09. The maximum atomic E-state index is 11.8. The molecule has 0 aromatic heterocycles. The predicted octanol–water partition coefficient (Wildman–Crippen LogP) is 1.84. The number of anilines is 1. The highest BCUT2D eigenvalue weighted by Crippen LogP contribution is 2.25. The number of hydrogen-bond acceptors (Lipinski definition) is 3. The van der Waals surface area contributed by atoms with E-state index in [1.807, 2.05) is 12.1 Å². The standard InChI is InChI=1S/C12H14N4O2/c13-15-14-6-10-5-12(18)16(7-10)11-3-1-9(8-17)2-4-11/h1-4,10,17H,5-8H2. The quantitative estimate of drug-likeness (QED) is 0.499. The van der Waals surface area contributed by atoms with Gasteiger partial charge in [-0.05, 0) is 29.1 Å². The normalized spacial score (nSPS) is 18.8. The Morgan fingerprint density at radius 2 is 2.17 bits per heavy atom. The molecule has 1 unspecified atom stereocenters. The van der Waals surface area contributed by atoms with E-state index >= 15 is 0 Å². The summed E-state index contributed by atoms with van der Waals surface area (Å²) in [7, 11) is 0.